The molecule has 0 spiro atoms. The standard InChI is InChI=1S/C44H30N4/c1-3-13-29(14-4-1)43-44(46-38-20-10-9-19-37(38)45-43)30-23-25-32(26-24-30)48-40-22-12-8-18-34(40)36-27-35-33-17-7-11-21-39(33)47(41(35)28-42(36)48)31-15-5-2-6-16-31/h1-28,43,45H. The van der Waals surface area contributed by atoms with Crippen LogP contribution >= 0.6 is 0 Å². The Morgan fingerprint density at radius 1 is 0.438 bits per heavy atom. The van der Waals surface area contributed by atoms with Gasteiger partial charge in [0.15, 0.2) is 0 Å². The van der Waals surface area contributed by atoms with Crippen LogP contribution in [-0.2, 0) is 0 Å². The van der Waals surface area contributed by atoms with Gasteiger partial charge in [-0.1, -0.05) is 109 Å². The predicted molar refractivity (Wildman–Crippen MR) is 201 cm³/mol. The lowest BCUT2D eigenvalue weighted by Crippen LogP contribution is -2.24. The average Bonchev–Trinajstić information content (AvgIpc) is 3.66. The fourth-order valence-electron chi connectivity index (χ4n) is 7.57. The van der Waals surface area contributed by atoms with Crippen LogP contribution in [0.25, 0.3) is 55.0 Å². The average molecular weight is 615 g/mol. The summed E-state index contributed by atoms with van der Waals surface area (Å²) in [5.41, 5.74) is 12.4. The van der Waals surface area contributed by atoms with E-state index in [1.165, 1.54) is 49.2 Å². The molecule has 0 radical (unpaired) electrons. The number of anilines is 1. The van der Waals surface area contributed by atoms with Crippen LogP contribution in [0, 0.1) is 0 Å². The Hall–Kier alpha value is -6.39. The molecule has 9 aromatic rings. The molecular formula is C44H30N4. The van der Waals surface area contributed by atoms with E-state index in [2.05, 4.69) is 178 Å². The zero-order chi connectivity index (χ0) is 31.6. The molecule has 48 heavy (non-hydrogen) atoms. The Balaban J connectivity index is 1.18. The number of hydrogen-bond acceptors (Lipinski definition) is 2. The molecule has 0 aliphatic carbocycles. The van der Waals surface area contributed by atoms with Gasteiger partial charge in [-0.25, -0.2) is 4.99 Å². The predicted octanol–water partition coefficient (Wildman–Crippen LogP) is 11.2. The maximum absolute atomic E-state index is 5.20. The van der Waals surface area contributed by atoms with Gasteiger partial charge in [0.1, 0.15) is 0 Å². The van der Waals surface area contributed by atoms with Gasteiger partial charge in [-0.05, 0) is 71.8 Å². The monoisotopic (exact) mass is 614 g/mol. The van der Waals surface area contributed by atoms with Crippen molar-refractivity contribution >= 4 is 60.7 Å². The van der Waals surface area contributed by atoms with Gasteiger partial charge in [0.25, 0.3) is 0 Å². The third-order valence-corrected chi connectivity index (χ3v) is 9.75. The number of aliphatic imine (C=N–C) groups is 1. The maximum atomic E-state index is 5.20. The number of nitrogens with zero attached hydrogens (tertiary/aromatic N) is 3. The minimum atomic E-state index is -0.0478. The zero-order valence-corrected chi connectivity index (χ0v) is 26.1. The molecule has 10 rings (SSSR count). The molecule has 0 bridgehead atoms. The van der Waals surface area contributed by atoms with Gasteiger partial charge < -0.3 is 14.5 Å². The van der Waals surface area contributed by atoms with Crippen molar-refractivity contribution in [2.75, 3.05) is 5.32 Å². The summed E-state index contributed by atoms with van der Waals surface area (Å²) in [6.45, 7) is 0. The molecule has 1 unspecified atom stereocenters. The number of fused-ring (bicyclic) bond motifs is 7. The topological polar surface area (TPSA) is 34.2 Å². The van der Waals surface area contributed by atoms with E-state index in [-0.39, 0.29) is 6.04 Å². The van der Waals surface area contributed by atoms with E-state index in [9.17, 15) is 0 Å². The van der Waals surface area contributed by atoms with E-state index in [0.29, 0.717) is 0 Å². The first-order valence-corrected chi connectivity index (χ1v) is 16.4. The van der Waals surface area contributed by atoms with Crippen molar-refractivity contribution in [3.05, 3.63) is 181 Å². The van der Waals surface area contributed by atoms with Crippen molar-refractivity contribution in [1.29, 1.82) is 0 Å². The molecule has 0 amide bonds. The fraction of sp³-hybridized carbons (Fsp3) is 0.0227. The Labute approximate surface area is 277 Å². The van der Waals surface area contributed by atoms with Crippen molar-refractivity contribution in [2.45, 2.75) is 6.04 Å². The van der Waals surface area contributed by atoms with Crippen molar-refractivity contribution in [3.8, 4) is 11.4 Å². The number of aromatic nitrogens is 2. The SMILES string of the molecule is c1ccc(C2Nc3ccccc3N=C2c2ccc(-n3c4ccccc4c4cc5c6ccccc6n(-c6ccccc6)c5cc43)cc2)cc1. The van der Waals surface area contributed by atoms with E-state index in [1.54, 1.807) is 0 Å². The lowest BCUT2D eigenvalue weighted by Gasteiger charge is -2.28. The first-order valence-electron chi connectivity index (χ1n) is 16.4. The summed E-state index contributed by atoms with van der Waals surface area (Å²) < 4.78 is 4.80. The van der Waals surface area contributed by atoms with Gasteiger partial charge in [0.2, 0.25) is 0 Å². The Morgan fingerprint density at radius 2 is 0.979 bits per heavy atom. The zero-order valence-electron chi connectivity index (χ0n) is 26.1. The van der Waals surface area contributed by atoms with E-state index in [4.69, 9.17) is 4.99 Å². The molecule has 4 heteroatoms. The molecular weight excluding hydrogens is 585 g/mol. The fourth-order valence-corrected chi connectivity index (χ4v) is 7.57. The molecule has 2 aromatic heterocycles. The van der Waals surface area contributed by atoms with E-state index >= 15 is 0 Å². The smallest absolute Gasteiger partial charge is 0.0947 e. The summed E-state index contributed by atoms with van der Waals surface area (Å²) in [6, 6.07) is 60.7. The van der Waals surface area contributed by atoms with Crippen LogP contribution in [-0.4, -0.2) is 14.8 Å². The summed E-state index contributed by atoms with van der Waals surface area (Å²) >= 11 is 0. The second-order valence-corrected chi connectivity index (χ2v) is 12.5. The molecule has 1 N–H and O–H groups in total. The second kappa shape index (κ2) is 10.6. The van der Waals surface area contributed by atoms with Crippen molar-refractivity contribution < 1.29 is 0 Å². The Kier molecular flexibility index (Phi) is 5.90. The first kappa shape index (κ1) is 26.8. The van der Waals surface area contributed by atoms with Gasteiger partial charge >= 0.3 is 0 Å². The van der Waals surface area contributed by atoms with Crippen LogP contribution in [0.3, 0.4) is 0 Å². The quantitative estimate of drug-likeness (QED) is 0.210. The van der Waals surface area contributed by atoms with Gasteiger partial charge in [-0.15, -0.1) is 0 Å². The lowest BCUT2D eigenvalue weighted by atomic mass is 9.94. The number of benzene rings is 7. The highest BCUT2D eigenvalue weighted by Gasteiger charge is 2.25. The highest BCUT2D eigenvalue weighted by atomic mass is 15.0. The lowest BCUT2D eigenvalue weighted by molar-refractivity contribution is 1.01. The molecule has 4 nitrogen and oxygen atoms in total. The van der Waals surface area contributed by atoms with Crippen LogP contribution in [0.4, 0.5) is 11.4 Å². The van der Waals surface area contributed by atoms with E-state index in [0.717, 1.165) is 34.0 Å². The Morgan fingerprint density at radius 3 is 1.65 bits per heavy atom. The summed E-state index contributed by atoms with van der Waals surface area (Å²) in [7, 11) is 0. The molecule has 3 heterocycles. The molecule has 226 valence electrons. The summed E-state index contributed by atoms with van der Waals surface area (Å²) in [6.07, 6.45) is 0. The van der Waals surface area contributed by atoms with Crippen molar-refractivity contribution in [3.63, 3.8) is 0 Å². The minimum absolute atomic E-state index is 0.0478. The van der Waals surface area contributed by atoms with Crippen LogP contribution < -0.4 is 5.32 Å². The molecule has 0 saturated heterocycles. The number of nitrogens with one attached hydrogen (secondary N) is 1. The Bertz CT molecular complexity index is 2680. The third-order valence-electron chi connectivity index (χ3n) is 9.75. The van der Waals surface area contributed by atoms with Gasteiger partial charge in [0.05, 0.1) is 45.2 Å². The van der Waals surface area contributed by atoms with Gasteiger partial charge in [-0.2, -0.15) is 0 Å². The summed E-state index contributed by atoms with van der Waals surface area (Å²) in [4.78, 5) is 5.20. The molecule has 1 atom stereocenters. The summed E-state index contributed by atoms with van der Waals surface area (Å²) in [5.74, 6) is 0. The molecule has 1 aliphatic heterocycles. The van der Waals surface area contributed by atoms with Crippen LogP contribution in [0.1, 0.15) is 17.2 Å². The normalized spacial score (nSPS) is 14.3. The highest BCUT2D eigenvalue weighted by molar-refractivity contribution is 6.19. The summed E-state index contributed by atoms with van der Waals surface area (Å²) in [5, 5.41) is 8.78. The van der Waals surface area contributed by atoms with Gasteiger partial charge in [-0.3, -0.25) is 0 Å². The van der Waals surface area contributed by atoms with Crippen LogP contribution in [0.2, 0.25) is 0 Å². The molecule has 0 saturated carbocycles. The van der Waals surface area contributed by atoms with Gasteiger partial charge in [0, 0.05) is 32.9 Å². The molecule has 0 fully saturated rings. The second-order valence-electron chi connectivity index (χ2n) is 12.5. The minimum Gasteiger partial charge on any atom is -0.371 e. The van der Waals surface area contributed by atoms with Crippen LogP contribution in [0.15, 0.2) is 175 Å². The maximum Gasteiger partial charge on any atom is 0.0947 e. The molecule has 7 aromatic carbocycles. The largest absolute Gasteiger partial charge is 0.371 e. The van der Waals surface area contributed by atoms with Crippen molar-refractivity contribution in [1.82, 2.24) is 9.13 Å². The first-order chi connectivity index (χ1) is 23.8. The highest BCUT2D eigenvalue weighted by Crippen LogP contribution is 2.40. The van der Waals surface area contributed by atoms with E-state index < -0.39 is 0 Å². The number of hydrogen-bond donors (Lipinski definition) is 1. The van der Waals surface area contributed by atoms with Crippen molar-refractivity contribution in [2.24, 2.45) is 4.99 Å². The van der Waals surface area contributed by atoms with E-state index in [1.807, 2.05) is 6.07 Å². The number of rotatable bonds is 4. The third kappa shape index (κ3) is 4.06. The molecule has 1 aliphatic rings. The number of para-hydroxylation sites is 5. The van der Waals surface area contributed by atoms with Crippen LogP contribution in [0.5, 0.6) is 0 Å².